The number of carbonyl (C=O) groups is 5. The third-order valence-corrected chi connectivity index (χ3v) is 9.73. The molecule has 0 aliphatic carbocycles. The van der Waals surface area contributed by atoms with E-state index >= 15 is 0 Å². The highest BCUT2D eigenvalue weighted by Crippen LogP contribution is 2.24. The number of nitrogens with one attached hydrogen (secondary N) is 3. The van der Waals surface area contributed by atoms with E-state index in [1.807, 2.05) is 12.1 Å². The molecule has 50 heavy (non-hydrogen) atoms. The number of nitrogens with zero attached hydrogens (tertiary/aromatic N) is 2. The molecule has 0 spiro atoms. The van der Waals surface area contributed by atoms with E-state index in [9.17, 15) is 27.6 Å². The van der Waals surface area contributed by atoms with Crippen LogP contribution in [0.4, 0.5) is 0 Å². The molecule has 274 valence electrons. The van der Waals surface area contributed by atoms with Gasteiger partial charge in [-0.3, -0.25) is 29.4 Å². The van der Waals surface area contributed by atoms with Crippen molar-refractivity contribution in [3.8, 4) is 0 Å². The summed E-state index contributed by atoms with van der Waals surface area (Å²) < 4.78 is 40.0. The van der Waals surface area contributed by atoms with Gasteiger partial charge in [-0.15, -0.1) is 0 Å². The fourth-order valence-electron chi connectivity index (χ4n) is 5.89. The Labute approximate surface area is 291 Å². The quantitative estimate of drug-likeness (QED) is 0.124. The van der Waals surface area contributed by atoms with Crippen LogP contribution in [0.1, 0.15) is 46.5 Å². The SMILES string of the molecule is CC(=O)O.CCOC(=O)[C@H]1CN(C(=O)C[C@@H](NS(=O)(=O)c2ccc3ccccc3c2)C(=O)NC[C@@H]2CCCN(C(=N)N)C2)CC[C@@H]1OC(C)=O. The largest absolute Gasteiger partial charge is 0.481 e. The van der Waals surface area contributed by atoms with Crippen molar-refractivity contribution in [2.24, 2.45) is 17.6 Å². The summed E-state index contributed by atoms with van der Waals surface area (Å²) in [5, 5.41) is 19.5. The van der Waals surface area contributed by atoms with E-state index in [4.69, 9.17) is 30.5 Å². The van der Waals surface area contributed by atoms with Crippen molar-refractivity contribution >= 4 is 56.5 Å². The minimum absolute atomic E-state index is 0.0271. The molecule has 2 saturated heterocycles. The monoisotopic (exact) mass is 718 g/mol. The number of guanidine groups is 1. The van der Waals surface area contributed by atoms with Gasteiger partial charge in [0.05, 0.1) is 17.9 Å². The summed E-state index contributed by atoms with van der Waals surface area (Å²) >= 11 is 0. The summed E-state index contributed by atoms with van der Waals surface area (Å²) in [6.45, 7) is 5.36. The normalized spacial score (nSPS) is 19.7. The first-order valence-electron chi connectivity index (χ1n) is 16.3. The minimum Gasteiger partial charge on any atom is -0.481 e. The Morgan fingerprint density at radius 1 is 1.02 bits per heavy atom. The van der Waals surface area contributed by atoms with Gasteiger partial charge in [0.15, 0.2) is 5.96 Å². The molecule has 2 amide bonds. The highest BCUT2D eigenvalue weighted by Gasteiger charge is 2.40. The van der Waals surface area contributed by atoms with Gasteiger partial charge in [0.2, 0.25) is 21.8 Å². The lowest BCUT2D eigenvalue weighted by Gasteiger charge is -2.37. The number of carboxylic acid groups (broad SMARTS) is 1. The van der Waals surface area contributed by atoms with E-state index in [0.717, 1.165) is 25.2 Å². The predicted molar refractivity (Wildman–Crippen MR) is 182 cm³/mol. The fraction of sp³-hybridized carbons (Fsp3) is 0.515. The zero-order chi connectivity index (χ0) is 37.0. The second-order valence-corrected chi connectivity index (χ2v) is 13.8. The summed E-state index contributed by atoms with van der Waals surface area (Å²) in [6, 6.07) is 10.4. The summed E-state index contributed by atoms with van der Waals surface area (Å²) in [6.07, 6.45) is 0.431. The van der Waals surface area contributed by atoms with Crippen LogP contribution in [0.2, 0.25) is 0 Å². The maximum atomic E-state index is 13.6. The Bertz CT molecular complexity index is 1670. The molecular weight excluding hydrogens is 672 g/mol. The maximum absolute atomic E-state index is 13.6. The Morgan fingerprint density at radius 2 is 1.70 bits per heavy atom. The van der Waals surface area contributed by atoms with Crippen molar-refractivity contribution in [1.29, 1.82) is 5.41 Å². The first-order chi connectivity index (χ1) is 23.6. The van der Waals surface area contributed by atoms with Crippen LogP contribution >= 0.6 is 0 Å². The number of sulfonamides is 1. The molecule has 2 aromatic carbocycles. The molecule has 16 nitrogen and oxygen atoms in total. The Hall–Kier alpha value is -4.77. The number of rotatable bonds is 11. The molecule has 4 atom stereocenters. The summed E-state index contributed by atoms with van der Waals surface area (Å²) in [5.41, 5.74) is 5.65. The van der Waals surface area contributed by atoms with E-state index in [1.54, 1.807) is 30.0 Å². The molecular formula is C33H46N6O10S. The predicted octanol–water partition coefficient (Wildman–Crippen LogP) is 1.03. The van der Waals surface area contributed by atoms with Crippen LogP contribution in [-0.2, 0) is 43.5 Å². The third-order valence-electron chi connectivity index (χ3n) is 8.26. The molecule has 2 aromatic rings. The van der Waals surface area contributed by atoms with Gasteiger partial charge in [0.25, 0.3) is 5.97 Å². The lowest BCUT2D eigenvalue weighted by Crippen LogP contribution is -2.54. The number of fused-ring (bicyclic) bond motifs is 1. The number of aliphatic carboxylic acids is 1. The third kappa shape index (κ3) is 11.7. The number of ether oxygens (including phenoxy) is 2. The number of carboxylic acids is 1. The van der Waals surface area contributed by atoms with Crippen molar-refractivity contribution in [3.63, 3.8) is 0 Å². The van der Waals surface area contributed by atoms with Gasteiger partial charge in [-0.1, -0.05) is 30.3 Å². The van der Waals surface area contributed by atoms with Gasteiger partial charge < -0.3 is 35.4 Å². The van der Waals surface area contributed by atoms with Crippen LogP contribution < -0.4 is 15.8 Å². The van der Waals surface area contributed by atoms with E-state index in [1.165, 1.54) is 24.0 Å². The van der Waals surface area contributed by atoms with Crippen molar-refractivity contribution in [3.05, 3.63) is 42.5 Å². The van der Waals surface area contributed by atoms with Crippen LogP contribution in [0.15, 0.2) is 47.4 Å². The molecule has 0 saturated carbocycles. The fourth-order valence-corrected chi connectivity index (χ4v) is 7.12. The second kappa shape index (κ2) is 18.3. The number of amides is 2. The zero-order valence-corrected chi connectivity index (χ0v) is 29.2. The minimum atomic E-state index is -4.26. The van der Waals surface area contributed by atoms with E-state index in [0.29, 0.717) is 18.5 Å². The Morgan fingerprint density at radius 3 is 2.34 bits per heavy atom. The summed E-state index contributed by atoms with van der Waals surface area (Å²) in [7, 11) is -4.26. The lowest BCUT2D eigenvalue weighted by molar-refractivity contribution is -0.166. The standard InChI is InChI=1S/C31H42N6O8S.C2H4O2/c1-3-44-30(41)25-19-36(14-12-27(25)45-20(2)38)28(39)16-26(29(40)34-17-21-7-6-13-37(18-21)31(32)33)35-46(42,43)24-11-10-22-8-4-5-9-23(22)15-24;1-2(3)4/h4-5,8-11,15,21,25-27,35H,3,6-7,12-14,16-19H2,1-2H3,(H3,32,33)(H,34,40);1H3,(H,3,4)/t21-,25-,26+,27-;/m0./s1. The first-order valence-corrected chi connectivity index (χ1v) is 17.8. The van der Waals surface area contributed by atoms with E-state index < -0.39 is 64.2 Å². The molecule has 0 aromatic heterocycles. The molecule has 0 unspecified atom stereocenters. The Kier molecular flexibility index (Phi) is 14.5. The number of benzene rings is 2. The summed E-state index contributed by atoms with van der Waals surface area (Å²) in [5.74, 6) is -4.28. The van der Waals surface area contributed by atoms with Gasteiger partial charge in [-0.05, 0) is 48.6 Å². The number of piperidine rings is 2. The van der Waals surface area contributed by atoms with Gasteiger partial charge in [0.1, 0.15) is 18.1 Å². The Balaban J connectivity index is 0.00000160. The highest BCUT2D eigenvalue weighted by molar-refractivity contribution is 7.89. The van der Waals surface area contributed by atoms with Gasteiger partial charge in [-0.2, -0.15) is 4.72 Å². The second-order valence-electron chi connectivity index (χ2n) is 12.1. The number of esters is 2. The van der Waals surface area contributed by atoms with Crippen molar-refractivity contribution in [2.75, 3.05) is 39.3 Å². The first kappa shape index (κ1) is 39.7. The highest BCUT2D eigenvalue weighted by atomic mass is 32.2. The van der Waals surface area contributed by atoms with E-state index in [-0.39, 0.29) is 49.4 Å². The molecule has 2 fully saturated rings. The molecule has 2 heterocycles. The number of likely N-dealkylation sites (tertiary alicyclic amines) is 2. The maximum Gasteiger partial charge on any atom is 0.314 e. The molecule has 2 aliphatic rings. The van der Waals surface area contributed by atoms with Crippen LogP contribution in [-0.4, -0.2) is 110 Å². The number of hydrogen-bond acceptors (Lipinski definition) is 10. The molecule has 2 aliphatic heterocycles. The van der Waals surface area contributed by atoms with Crippen molar-refractivity contribution < 1.29 is 47.0 Å². The van der Waals surface area contributed by atoms with Crippen molar-refractivity contribution in [2.45, 2.75) is 63.5 Å². The zero-order valence-electron chi connectivity index (χ0n) is 28.4. The van der Waals surface area contributed by atoms with Gasteiger partial charge in [-0.25, -0.2) is 8.42 Å². The topological polar surface area (TPSA) is 239 Å². The lowest BCUT2D eigenvalue weighted by atomic mass is 9.94. The number of nitrogens with two attached hydrogens (primary N) is 1. The molecule has 17 heteroatoms. The molecule has 0 radical (unpaired) electrons. The van der Waals surface area contributed by atoms with Crippen LogP contribution in [0.3, 0.4) is 0 Å². The van der Waals surface area contributed by atoms with Gasteiger partial charge >= 0.3 is 11.9 Å². The molecule has 4 rings (SSSR count). The van der Waals surface area contributed by atoms with Crippen LogP contribution in [0, 0.1) is 17.2 Å². The average Bonchev–Trinajstić information content (AvgIpc) is 3.06. The smallest absolute Gasteiger partial charge is 0.314 e. The van der Waals surface area contributed by atoms with E-state index in [2.05, 4.69) is 10.0 Å². The number of carbonyl (C=O) groups excluding carboxylic acids is 4. The van der Waals surface area contributed by atoms with Crippen molar-refractivity contribution in [1.82, 2.24) is 19.8 Å². The number of hydrogen-bond donors (Lipinski definition) is 5. The molecule has 6 N–H and O–H groups in total. The van der Waals surface area contributed by atoms with Gasteiger partial charge in [0, 0.05) is 53.0 Å². The summed E-state index contributed by atoms with van der Waals surface area (Å²) in [4.78, 5) is 63.5. The average molecular weight is 719 g/mol. The molecule has 0 bridgehead atoms. The van der Waals surface area contributed by atoms with Crippen LogP contribution in [0.25, 0.3) is 10.8 Å². The van der Waals surface area contributed by atoms with Crippen LogP contribution in [0.5, 0.6) is 0 Å².